The molecule has 0 N–H and O–H groups in total. The summed E-state index contributed by atoms with van der Waals surface area (Å²) in [4.78, 5) is 0. The minimum absolute atomic E-state index is 0.404. The van der Waals surface area contributed by atoms with E-state index >= 15 is 0 Å². The molecule has 0 aliphatic carbocycles. The molecule has 1 aromatic heterocycles. The summed E-state index contributed by atoms with van der Waals surface area (Å²) < 4.78 is 118. The average Bonchev–Trinajstić information content (AvgIpc) is 3.24. The zero-order valence-electron chi connectivity index (χ0n) is 20.4. The number of nitrogens with zero attached hydrogens (tertiary/aromatic N) is 2. The number of alkyl halides is 6. The first-order valence-corrected chi connectivity index (χ1v) is 11.5. The molecule has 35 heavy (non-hydrogen) atoms. The predicted octanol–water partition coefficient (Wildman–Crippen LogP) is 4.33. The molecule has 2 aromatic rings. The third kappa shape index (κ3) is 4.07. The average molecular weight is 524 g/mol. The Kier molecular flexibility index (Phi) is 5.76. The molecule has 0 atom stereocenters. The molecule has 1 aromatic carbocycles. The second kappa shape index (κ2) is 7.56. The summed E-state index contributed by atoms with van der Waals surface area (Å²) in [6.07, 6.45) is -10.9. The van der Waals surface area contributed by atoms with Crippen LogP contribution < -0.4 is 10.9 Å². The molecule has 0 amide bonds. The van der Waals surface area contributed by atoms with Crippen LogP contribution >= 0.6 is 11.7 Å². The first-order valence-electron chi connectivity index (χ1n) is 10.8. The zero-order valence-corrected chi connectivity index (χ0v) is 21.2. The van der Waals surface area contributed by atoms with Crippen molar-refractivity contribution in [1.82, 2.24) is 8.75 Å². The van der Waals surface area contributed by atoms with Crippen LogP contribution in [-0.4, -0.2) is 45.4 Å². The van der Waals surface area contributed by atoms with E-state index < -0.39 is 82.1 Å². The van der Waals surface area contributed by atoms with Gasteiger partial charge in [0.05, 0.1) is 45.3 Å². The summed E-state index contributed by atoms with van der Waals surface area (Å²) >= 11 is 0.480. The van der Waals surface area contributed by atoms with Crippen LogP contribution in [0.5, 0.6) is 0 Å². The van der Waals surface area contributed by atoms with Gasteiger partial charge < -0.3 is 18.6 Å². The van der Waals surface area contributed by atoms with Gasteiger partial charge >= 0.3 is 26.6 Å². The Balaban J connectivity index is 2.10. The van der Waals surface area contributed by atoms with Gasteiger partial charge in [0.2, 0.25) is 0 Å². The molecular formula is C20H24B2F6N2O4S. The normalized spacial score (nSPS) is 23.5. The van der Waals surface area contributed by atoms with E-state index in [9.17, 15) is 26.3 Å². The maximum atomic E-state index is 14.5. The lowest BCUT2D eigenvalue weighted by molar-refractivity contribution is -0.160. The number of aromatic nitrogens is 2. The van der Waals surface area contributed by atoms with Crippen molar-refractivity contribution in [2.45, 2.75) is 90.1 Å². The molecule has 2 aliphatic rings. The molecular weight excluding hydrogens is 500 g/mol. The molecule has 2 aliphatic heterocycles. The number of halogens is 6. The molecule has 0 saturated carbocycles. The highest BCUT2D eigenvalue weighted by atomic mass is 32.1. The first kappa shape index (κ1) is 26.6. The lowest BCUT2D eigenvalue weighted by atomic mass is 9.66. The molecule has 0 radical (unpaired) electrons. The second-order valence-corrected chi connectivity index (χ2v) is 11.2. The Hall–Kier alpha value is -1.41. The van der Waals surface area contributed by atoms with E-state index in [1.165, 1.54) is 0 Å². The number of rotatable bonds is 2. The Morgan fingerprint density at radius 2 is 0.829 bits per heavy atom. The van der Waals surface area contributed by atoms with Gasteiger partial charge in [0.25, 0.3) is 0 Å². The number of benzene rings is 1. The molecule has 2 fully saturated rings. The topological polar surface area (TPSA) is 62.7 Å². The van der Waals surface area contributed by atoms with E-state index in [4.69, 9.17) is 18.6 Å². The van der Waals surface area contributed by atoms with Gasteiger partial charge in [-0.3, -0.25) is 0 Å². The maximum absolute atomic E-state index is 14.5. The van der Waals surface area contributed by atoms with Gasteiger partial charge in [0, 0.05) is 10.9 Å². The Morgan fingerprint density at radius 1 is 0.571 bits per heavy atom. The summed E-state index contributed by atoms with van der Waals surface area (Å²) in [5.74, 6) is 0. The van der Waals surface area contributed by atoms with Crippen molar-refractivity contribution >= 4 is 47.9 Å². The fourth-order valence-corrected chi connectivity index (χ4v) is 4.59. The third-order valence-corrected chi connectivity index (χ3v) is 7.86. The Bertz CT molecular complexity index is 1060. The fraction of sp³-hybridized carbons (Fsp3) is 0.700. The minimum Gasteiger partial charge on any atom is -0.399 e. The highest BCUT2D eigenvalue weighted by Crippen LogP contribution is 2.45. The molecule has 0 unspecified atom stereocenters. The monoisotopic (exact) mass is 524 g/mol. The van der Waals surface area contributed by atoms with Crippen LogP contribution in [0.4, 0.5) is 26.3 Å². The van der Waals surface area contributed by atoms with Crippen LogP contribution in [0.15, 0.2) is 0 Å². The summed E-state index contributed by atoms with van der Waals surface area (Å²) in [6.45, 7) is 12.7. The molecule has 192 valence electrons. The SMILES string of the molecule is CC1(C)OB(c2c(C(F)(F)F)c(C(F)(F)F)c(B3OC(C)(C)C(C)(C)O3)c3nsnc23)OC1(C)C. The van der Waals surface area contributed by atoms with Gasteiger partial charge in [-0.2, -0.15) is 35.1 Å². The lowest BCUT2D eigenvalue weighted by Gasteiger charge is -2.32. The summed E-state index contributed by atoms with van der Waals surface area (Å²) in [6, 6.07) is 0. The van der Waals surface area contributed by atoms with E-state index in [0.29, 0.717) is 11.7 Å². The van der Waals surface area contributed by atoms with Crippen LogP contribution in [0, 0.1) is 0 Å². The quantitative estimate of drug-likeness (QED) is 0.431. The molecule has 4 rings (SSSR count). The zero-order chi connectivity index (χ0) is 26.6. The molecule has 6 nitrogen and oxygen atoms in total. The molecule has 0 spiro atoms. The number of hydrogen-bond acceptors (Lipinski definition) is 7. The first-order chi connectivity index (χ1) is 15.6. The van der Waals surface area contributed by atoms with E-state index in [1.54, 1.807) is 55.4 Å². The summed E-state index contributed by atoms with van der Waals surface area (Å²) in [5.41, 5.74) is -10.9. The van der Waals surface area contributed by atoms with Gasteiger partial charge in [-0.1, -0.05) is 0 Å². The molecule has 15 heteroatoms. The minimum atomic E-state index is -5.44. The third-order valence-electron chi connectivity index (χ3n) is 7.33. The van der Waals surface area contributed by atoms with Crippen LogP contribution in [0.1, 0.15) is 66.5 Å². The number of fused-ring (bicyclic) bond motifs is 1. The van der Waals surface area contributed by atoms with E-state index in [2.05, 4.69) is 8.75 Å². The van der Waals surface area contributed by atoms with Crippen LogP contribution in [-0.2, 0) is 31.0 Å². The van der Waals surface area contributed by atoms with Crippen molar-refractivity contribution in [2.24, 2.45) is 0 Å². The fourth-order valence-electron chi connectivity index (χ4n) is 4.02. The highest BCUT2D eigenvalue weighted by molar-refractivity contribution is 7.00. The molecule has 2 saturated heterocycles. The molecule has 0 bridgehead atoms. The molecule has 3 heterocycles. The van der Waals surface area contributed by atoms with Gasteiger partial charge in [0.15, 0.2) is 0 Å². The summed E-state index contributed by atoms with van der Waals surface area (Å²) in [7, 11) is -3.53. The van der Waals surface area contributed by atoms with Crippen molar-refractivity contribution in [3.05, 3.63) is 11.1 Å². The summed E-state index contributed by atoms with van der Waals surface area (Å²) in [5, 5.41) is 0. The largest absolute Gasteiger partial charge is 0.497 e. The van der Waals surface area contributed by atoms with Crippen molar-refractivity contribution in [2.75, 3.05) is 0 Å². The smallest absolute Gasteiger partial charge is 0.399 e. The van der Waals surface area contributed by atoms with Crippen molar-refractivity contribution in [1.29, 1.82) is 0 Å². The van der Waals surface area contributed by atoms with Crippen LogP contribution in [0.3, 0.4) is 0 Å². The van der Waals surface area contributed by atoms with E-state index in [1.807, 2.05) is 0 Å². The van der Waals surface area contributed by atoms with Gasteiger partial charge in [0.1, 0.15) is 11.0 Å². The standard InChI is InChI=1S/C20H24B2F6N2O4S/c1-15(2)16(3,4)32-21(31-15)11-9(19(23,24)25)10(20(26,27)28)12(14-13(11)29-35-30-14)22-33-17(5,6)18(7,8)34-22/h1-8H3. The van der Waals surface area contributed by atoms with Gasteiger partial charge in [-0.25, -0.2) is 0 Å². The Labute approximate surface area is 203 Å². The van der Waals surface area contributed by atoms with Gasteiger partial charge in [-0.05, 0) is 55.4 Å². The Morgan fingerprint density at radius 3 is 1.06 bits per heavy atom. The van der Waals surface area contributed by atoms with Crippen molar-refractivity contribution in [3.8, 4) is 0 Å². The van der Waals surface area contributed by atoms with E-state index in [0.717, 1.165) is 0 Å². The van der Waals surface area contributed by atoms with Crippen LogP contribution in [0.2, 0.25) is 0 Å². The maximum Gasteiger partial charge on any atom is 0.497 e. The van der Waals surface area contributed by atoms with Crippen molar-refractivity contribution in [3.63, 3.8) is 0 Å². The van der Waals surface area contributed by atoms with Gasteiger partial charge in [-0.15, -0.1) is 0 Å². The van der Waals surface area contributed by atoms with E-state index in [-0.39, 0.29) is 0 Å². The van der Waals surface area contributed by atoms with Crippen LogP contribution in [0.25, 0.3) is 11.0 Å². The highest BCUT2D eigenvalue weighted by Gasteiger charge is 2.60. The second-order valence-electron chi connectivity index (χ2n) is 10.7. The van der Waals surface area contributed by atoms with Crippen molar-refractivity contribution < 1.29 is 45.0 Å². The lowest BCUT2D eigenvalue weighted by Crippen LogP contribution is -2.48. The number of hydrogen-bond donors (Lipinski definition) is 0. The predicted molar refractivity (Wildman–Crippen MR) is 119 cm³/mol.